The third kappa shape index (κ3) is 6.34. The number of halogens is 2. The molecule has 2 aromatic carbocycles. The molecule has 1 N–H and O–H groups in total. The summed E-state index contributed by atoms with van der Waals surface area (Å²) in [5.41, 5.74) is 0.220. The molecule has 0 aliphatic carbocycles. The van der Waals surface area contributed by atoms with Gasteiger partial charge < -0.3 is 14.8 Å². The first-order valence-corrected chi connectivity index (χ1v) is 12.3. The van der Waals surface area contributed by atoms with E-state index in [4.69, 9.17) is 21.1 Å². The van der Waals surface area contributed by atoms with Crippen LogP contribution in [0.2, 0.25) is 5.02 Å². The highest BCUT2D eigenvalue weighted by Crippen LogP contribution is 2.31. The van der Waals surface area contributed by atoms with E-state index in [1.807, 2.05) is 0 Å². The lowest BCUT2D eigenvalue weighted by Gasteiger charge is -2.26. The van der Waals surface area contributed by atoms with Gasteiger partial charge in [-0.25, -0.2) is 17.6 Å². The van der Waals surface area contributed by atoms with Crippen LogP contribution in [0.15, 0.2) is 47.4 Å². The Morgan fingerprint density at radius 3 is 2.59 bits per heavy atom. The van der Waals surface area contributed by atoms with Gasteiger partial charge in [0.05, 0.1) is 12.1 Å². The summed E-state index contributed by atoms with van der Waals surface area (Å²) in [5, 5.41) is 2.62. The Balaban J connectivity index is 1.64. The number of ether oxygens (including phenoxy) is 2. The lowest BCUT2D eigenvalue weighted by atomic mass is 10.2. The zero-order chi connectivity index (χ0) is 24.7. The predicted molar refractivity (Wildman–Crippen MR) is 126 cm³/mol. The van der Waals surface area contributed by atoms with Crippen molar-refractivity contribution in [2.75, 3.05) is 32.1 Å². The molecule has 1 fully saturated rings. The largest absolute Gasteiger partial charge is 0.495 e. The lowest BCUT2D eigenvalue weighted by Crippen LogP contribution is -2.35. The topological polar surface area (TPSA) is 102 Å². The summed E-state index contributed by atoms with van der Waals surface area (Å²) < 4.78 is 51.4. The second-order valence-electron chi connectivity index (χ2n) is 7.45. The number of anilines is 1. The number of benzene rings is 2. The highest BCUT2D eigenvalue weighted by molar-refractivity contribution is 7.89. The van der Waals surface area contributed by atoms with E-state index in [-0.39, 0.29) is 26.9 Å². The van der Waals surface area contributed by atoms with Crippen LogP contribution in [0.25, 0.3) is 6.08 Å². The van der Waals surface area contributed by atoms with Crippen molar-refractivity contribution < 1.29 is 31.9 Å². The molecule has 0 atom stereocenters. The second kappa shape index (κ2) is 11.5. The normalized spacial score (nSPS) is 14.7. The minimum Gasteiger partial charge on any atom is -0.495 e. The molecule has 0 unspecified atom stereocenters. The number of nitrogens with zero attached hydrogens (tertiary/aromatic N) is 1. The Bertz CT molecular complexity index is 1180. The zero-order valence-electron chi connectivity index (χ0n) is 18.4. The first-order chi connectivity index (χ1) is 16.2. The van der Waals surface area contributed by atoms with Crippen molar-refractivity contribution in [3.8, 4) is 5.75 Å². The van der Waals surface area contributed by atoms with Gasteiger partial charge in [-0.15, -0.1) is 0 Å². The Kier molecular flexibility index (Phi) is 8.65. The van der Waals surface area contributed by atoms with Gasteiger partial charge in [0.15, 0.2) is 6.61 Å². The maximum absolute atomic E-state index is 13.7. The molecule has 1 amide bonds. The van der Waals surface area contributed by atoms with Crippen LogP contribution >= 0.6 is 11.6 Å². The Labute approximate surface area is 202 Å². The molecule has 0 radical (unpaired) electrons. The van der Waals surface area contributed by atoms with Gasteiger partial charge in [0.25, 0.3) is 5.91 Å². The summed E-state index contributed by atoms with van der Waals surface area (Å²) in [7, 11) is -2.44. The van der Waals surface area contributed by atoms with Crippen molar-refractivity contribution in [3.63, 3.8) is 0 Å². The first-order valence-electron chi connectivity index (χ1n) is 10.5. The second-order valence-corrected chi connectivity index (χ2v) is 9.77. The minimum absolute atomic E-state index is 0.0197. The summed E-state index contributed by atoms with van der Waals surface area (Å²) in [6, 6.07) is 8.33. The van der Waals surface area contributed by atoms with E-state index in [2.05, 4.69) is 5.32 Å². The molecule has 0 saturated carbocycles. The van der Waals surface area contributed by atoms with Crippen LogP contribution in [-0.4, -0.2) is 51.4 Å². The third-order valence-corrected chi connectivity index (χ3v) is 7.36. The maximum atomic E-state index is 13.7. The van der Waals surface area contributed by atoms with Crippen molar-refractivity contribution in [2.24, 2.45) is 0 Å². The summed E-state index contributed by atoms with van der Waals surface area (Å²) in [6.07, 6.45) is 4.63. The molecule has 182 valence electrons. The molecule has 1 aliphatic rings. The number of carbonyl (C=O) groups excluding carboxylic acids is 2. The molecule has 0 aromatic heterocycles. The Morgan fingerprint density at radius 1 is 1.18 bits per heavy atom. The molecule has 11 heteroatoms. The zero-order valence-corrected chi connectivity index (χ0v) is 20.0. The summed E-state index contributed by atoms with van der Waals surface area (Å²) >= 11 is 5.88. The minimum atomic E-state index is -3.81. The van der Waals surface area contributed by atoms with Gasteiger partial charge in [0.1, 0.15) is 16.5 Å². The number of hydrogen-bond acceptors (Lipinski definition) is 6. The van der Waals surface area contributed by atoms with E-state index in [0.717, 1.165) is 31.4 Å². The number of rotatable bonds is 8. The molecule has 0 spiro atoms. The van der Waals surface area contributed by atoms with Crippen molar-refractivity contribution in [2.45, 2.75) is 24.2 Å². The van der Waals surface area contributed by atoms with E-state index in [0.29, 0.717) is 13.1 Å². The lowest BCUT2D eigenvalue weighted by molar-refractivity contribution is -0.142. The van der Waals surface area contributed by atoms with Gasteiger partial charge in [-0.3, -0.25) is 4.79 Å². The van der Waals surface area contributed by atoms with Gasteiger partial charge in [0.2, 0.25) is 10.0 Å². The molecular weight excluding hydrogens is 487 g/mol. The van der Waals surface area contributed by atoms with Crippen LogP contribution in [0.4, 0.5) is 10.1 Å². The Hall–Kier alpha value is -2.95. The molecule has 3 rings (SSSR count). The molecular formula is C23H24ClFN2O6S. The number of piperidine rings is 1. The van der Waals surface area contributed by atoms with Gasteiger partial charge in [0, 0.05) is 30.4 Å². The van der Waals surface area contributed by atoms with E-state index in [1.165, 1.54) is 47.8 Å². The average Bonchev–Trinajstić information content (AvgIpc) is 2.83. The number of amides is 1. The fourth-order valence-corrected chi connectivity index (χ4v) is 5.33. The van der Waals surface area contributed by atoms with E-state index < -0.39 is 34.3 Å². The quantitative estimate of drug-likeness (QED) is 0.427. The van der Waals surface area contributed by atoms with Gasteiger partial charge >= 0.3 is 5.97 Å². The summed E-state index contributed by atoms with van der Waals surface area (Å²) in [4.78, 5) is 24.1. The van der Waals surface area contributed by atoms with Crippen molar-refractivity contribution in [1.82, 2.24) is 4.31 Å². The van der Waals surface area contributed by atoms with Crippen molar-refractivity contribution in [3.05, 3.63) is 58.9 Å². The Morgan fingerprint density at radius 2 is 1.91 bits per heavy atom. The molecule has 1 aliphatic heterocycles. The highest BCUT2D eigenvalue weighted by Gasteiger charge is 2.29. The number of carbonyl (C=O) groups is 2. The fourth-order valence-electron chi connectivity index (χ4n) is 3.40. The molecule has 8 nitrogen and oxygen atoms in total. The number of nitrogens with one attached hydrogen (secondary N) is 1. The summed E-state index contributed by atoms with van der Waals surface area (Å²) in [6.45, 7) is 0.210. The van der Waals surface area contributed by atoms with Gasteiger partial charge in [-0.05, 0) is 49.2 Å². The third-order valence-electron chi connectivity index (χ3n) is 5.11. The number of hydrogen-bond donors (Lipinski definition) is 1. The van der Waals surface area contributed by atoms with Crippen LogP contribution in [0.3, 0.4) is 0 Å². The summed E-state index contributed by atoms with van der Waals surface area (Å²) in [5.74, 6) is -2.01. The van der Waals surface area contributed by atoms with Gasteiger partial charge in [-0.1, -0.05) is 24.1 Å². The van der Waals surface area contributed by atoms with Crippen molar-refractivity contribution in [1.29, 1.82) is 0 Å². The van der Waals surface area contributed by atoms with Crippen LogP contribution < -0.4 is 10.1 Å². The van der Waals surface area contributed by atoms with Crippen LogP contribution in [0.1, 0.15) is 24.8 Å². The maximum Gasteiger partial charge on any atom is 0.331 e. The van der Waals surface area contributed by atoms with E-state index in [1.54, 1.807) is 0 Å². The molecule has 1 heterocycles. The predicted octanol–water partition coefficient (Wildman–Crippen LogP) is 3.86. The average molecular weight is 511 g/mol. The highest BCUT2D eigenvalue weighted by atomic mass is 35.5. The number of esters is 1. The number of sulfonamides is 1. The standard InChI is InChI=1S/C23H24ClFN2O6S/c1-32-20-10-8-16(14-21(20)34(30,31)27-12-3-2-4-13-27)26-22(28)15-33-23(29)11-9-17-18(24)6-5-7-19(17)25/h5-11,14H,2-4,12-13,15H2,1H3,(H,26,28). The molecule has 1 saturated heterocycles. The first kappa shape index (κ1) is 25.7. The smallest absolute Gasteiger partial charge is 0.331 e. The fraction of sp³-hybridized carbons (Fsp3) is 0.304. The van der Waals surface area contributed by atoms with Crippen LogP contribution in [0.5, 0.6) is 5.75 Å². The van der Waals surface area contributed by atoms with E-state index >= 15 is 0 Å². The monoisotopic (exact) mass is 510 g/mol. The van der Waals surface area contributed by atoms with Crippen LogP contribution in [-0.2, 0) is 24.3 Å². The molecule has 34 heavy (non-hydrogen) atoms. The van der Waals surface area contributed by atoms with E-state index in [9.17, 15) is 22.4 Å². The molecule has 2 aromatic rings. The van der Waals surface area contributed by atoms with Crippen molar-refractivity contribution >= 4 is 45.3 Å². The number of methoxy groups -OCH3 is 1. The SMILES string of the molecule is COc1ccc(NC(=O)COC(=O)C=Cc2c(F)cccc2Cl)cc1S(=O)(=O)N1CCCCC1. The van der Waals surface area contributed by atoms with Gasteiger partial charge in [-0.2, -0.15) is 4.31 Å². The van der Waals surface area contributed by atoms with Crippen LogP contribution in [0, 0.1) is 5.82 Å². The molecule has 0 bridgehead atoms.